The molecule has 0 saturated carbocycles. The maximum atomic E-state index is 14.1. The fourth-order valence-corrected chi connectivity index (χ4v) is 8.10. The van der Waals surface area contributed by atoms with Crippen LogP contribution in [-0.4, -0.2) is 75.3 Å². The summed E-state index contributed by atoms with van der Waals surface area (Å²) in [7, 11) is -2.59. The van der Waals surface area contributed by atoms with Gasteiger partial charge in [0.2, 0.25) is 21.8 Å². The van der Waals surface area contributed by atoms with Crippen molar-refractivity contribution in [2.24, 2.45) is 5.92 Å². The summed E-state index contributed by atoms with van der Waals surface area (Å²) in [5.74, 6) is -2.19. The van der Waals surface area contributed by atoms with Gasteiger partial charge in [-0.1, -0.05) is 70.0 Å². The van der Waals surface area contributed by atoms with Crippen LogP contribution in [-0.2, 0) is 31.8 Å². The Labute approximate surface area is 355 Å². The number of likely N-dealkylation sites (N-methyl/N-ethyl adjacent to an activating group) is 1. The lowest BCUT2D eigenvalue weighted by molar-refractivity contribution is -0.130. The van der Waals surface area contributed by atoms with Crippen molar-refractivity contribution < 1.29 is 27.6 Å². The van der Waals surface area contributed by atoms with E-state index in [-0.39, 0.29) is 46.8 Å². The van der Waals surface area contributed by atoms with Crippen LogP contribution in [0, 0.1) is 5.92 Å². The first-order valence-electron chi connectivity index (χ1n) is 18.4. The molecule has 0 saturated heterocycles. The number of thiazole rings is 1. The zero-order valence-corrected chi connectivity index (χ0v) is 37.4. The fourth-order valence-electron chi connectivity index (χ4n) is 5.76. The molecule has 0 aliphatic rings. The monoisotopic (exact) mass is 945 g/mol. The van der Waals surface area contributed by atoms with E-state index in [0.29, 0.717) is 18.5 Å². The summed E-state index contributed by atoms with van der Waals surface area (Å²) in [5.41, 5.74) is 4.05. The Morgan fingerprint density at radius 1 is 0.825 bits per heavy atom. The lowest BCUT2D eigenvalue weighted by Gasteiger charge is -2.25. The minimum atomic E-state index is -3.97. The van der Waals surface area contributed by atoms with Gasteiger partial charge in [0, 0.05) is 58.1 Å². The van der Waals surface area contributed by atoms with Crippen molar-refractivity contribution in [1.29, 1.82) is 0 Å². The van der Waals surface area contributed by atoms with E-state index in [9.17, 15) is 27.6 Å². The number of nitrogens with zero attached hydrogens (tertiary/aromatic N) is 2. The van der Waals surface area contributed by atoms with Crippen LogP contribution in [0.15, 0.2) is 86.6 Å². The summed E-state index contributed by atoms with van der Waals surface area (Å²) < 4.78 is 30.2. The molecule has 13 nitrogen and oxygen atoms in total. The largest absolute Gasteiger partial charge is 0.355 e. The highest BCUT2D eigenvalue weighted by molar-refractivity contribution is 9.10. The molecule has 0 aliphatic heterocycles. The van der Waals surface area contributed by atoms with Gasteiger partial charge in [0.1, 0.15) is 6.04 Å². The number of halogens is 2. The van der Waals surface area contributed by atoms with E-state index in [0.717, 1.165) is 24.5 Å². The Bertz CT molecular complexity index is 2100. The molecule has 0 fully saturated rings. The Hall–Kier alpha value is -4.16. The second-order valence-electron chi connectivity index (χ2n) is 14.0. The van der Waals surface area contributed by atoms with Gasteiger partial charge in [0.05, 0.1) is 34.7 Å². The molecular formula is C40H49Br2N7O6S2. The summed E-state index contributed by atoms with van der Waals surface area (Å²) in [4.78, 5) is 58.1. The number of sulfonamides is 1. The molecule has 4 aromatic rings. The van der Waals surface area contributed by atoms with Crippen molar-refractivity contribution in [2.45, 2.75) is 71.0 Å². The molecule has 4 amide bonds. The molecule has 57 heavy (non-hydrogen) atoms. The number of rotatable bonds is 19. The SMILES string of the molecule is CCNC(=O)[C@@H](NC(=O)[C@H](C)NC[C@H](Cc1cscn1)NC(=O)c1cc(C(=O)N[C@H](C)c2ccc(Br)cc2)cc(N(C)S(=O)(=O)Cc2ccc(Br)cc2)c1)C(C)C. The Balaban J connectivity index is 1.61. The highest BCUT2D eigenvalue weighted by Gasteiger charge is 2.28. The van der Waals surface area contributed by atoms with Crippen LogP contribution in [0.5, 0.6) is 0 Å². The van der Waals surface area contributed by atoms with E-state index in [1.54, 1.807) is 43.6 Å². The van der Waals surface area contributed by atoms with Crippen molar-refractivity contribution in [2.75, 3.05) is 24.4 Å². The smallest absolute Gasteiger partial charge is 0.251 e. The van der Waals surface area contributed by atoms with E-state index in [2.05, 4.69) is 63.4 Å². The molecule has 0 bridgehead atoms. The summed E-state index contributed by atoms with van der Waals surface area (Å²) in [6.45, 7) is 9.57. The van der Waals surface area contributed by atoms with Crippen LogP contribution in [0.4, 0.5) is 5.69 Å². The Morgan fingerprint density at radius 3 is 1.98 bits per heavy atom. The van der Waals surface area contributed by atoms with Gasteiger partial charge in [-0.05, 0) is 80.3 Å². The van der Waals surface area contributed by atoms with Crippen molar-refractivity contribution >= 4 is 82.5 Å². The number of aromatic nitrogens is 1. The van der Waals surface area contributed by atoms with E-state index in [1.165, 1.54) is 36.6 Å². The van der Waals surface area contributed by atoms with Gasteiger partial charge in [-0.3, -0.25) is 23.5 Å². The third kappa shape index (κ3) is 13.5. The van der Waals surface area contributed by atoms with E-state index in [4.69, 9.17) is 0 Å². The molecule has 4 atom stereocenters. The number of anilines is 1. The summed E-state index contributed by atoms with van der Waals surface area (Å²) in [6.07, 6.45) is 0.309. The average molecular weight is 948 g/mol. The normalized spacial score (nSPS) is 13.6. The van der Waals surface area contributed by atoms with Crippen molar-refractivity contribution in [1.82, 2.24) is 31.6 Å². The lowest BCUT2D eigenvalue weighted by atomic mass is 10.0. The summed E-state index contributed by atoms with van der Waals surface area (Å²) >= 11 is 8.20. The second kappa shape index (κ2) is 21.0. The number of hydrogen-bond acceptors (Lipinski definition) is 9. The lowest BCUT2D eigenvalue weighted by Crippen LogP contribution is -2.55. The Kier molecular flexibility index (Phi) is 16.8. The van der Waals surface area contributed by atoms with Crippen molar-refractivity contribution in [3.05, 3.63) is 115 Å². The zero-order chi connectivity index (χ0) is 41.9. The first-order chi connectivity index (χ1) is 27.0. The topological polar surface area (TPSA) is 179 Å². The van der Waals surface area contributed by atoms with Gasteiger partial charge >= 0.3 is 0 Å². The predicted octanol–water partition coefficient (Wildman–Crippen LogP) is 5.72. The van der Waals surface area contributed by atoms with Gasteiger partial charge in [-0.2, -0.15) is 0 Å². The summed E-state index contributed by atoms with van der Waals surface area (Å²) in [5, 5.41) is 16.6. The number of nitrogens with one attached hydrogen (secondary N) is 5. The van der Waals surface area contributed by atoms with Gasteiger partial charge in [0.15, 0.2) is 0 Å². The molecule has 0 unspecified atom stereocenters. The van der Waals surface area contributed by atoms with Crippen LogP contribution in [0.25, 0.3) is 0 Å². The number of benzene rings is 3. The highest BCUT2D eigenvalue weighted by atomic mass is 79.9. The number of carbonyl (C=O) groups is 4. The molecular weight excluding hydrogens is 898 g/mol. The first-order valence-corrected chi connectivity index (χ1v) is 22.5. The minimum absolute atomic E-state index is 0.0513. The van der Waals surface area contributed by atoms with Crippen molar-refractivity contribution in [3.8, 4) is 0 Å². The van der Waals surface area contributed by atoms with E-state index in [1.807, 2.05) is 50.4 Å². The molecule has 17 heteroatoms. The molecule has 3 aromatic carbocycles. The van der Waals surface area contributed by atoms with Crippen LogP contribution in [0.1, 0.15) is 78.2 Å². The number of carbonyl (C=O) groups excluding carboxylic acids is 4. The van der Waals surface area contributed by atoms with Crippen LogP contribution in [0.3, 0.4) is 0 Å². The molecule has 5 N–H and O–H groups in total. The predicted molar refractivity (Wildman–Crippen MR) is 232 cm³/mol. The minimum Gasteiger partial charge on any atom is -0.355 e. The van der Waals surface area contributed by atoms with E-state index >= 15 is 0 Å². The molecule has 1 aromatic heterocycles. The third-order valence-electron chi connectivity index (χ3n) is 9.14. The maximum absolute atomic E-state index is 14.1. The fraction of sp³-hybridized carbons (Fsp3) is 0.375. The maximum Gasteiger partial charge on any atom is 0.251 e. The van der Waals surface area contributed by atoms with Gasteiger partial charge < -0.3 is 26.6 Å². The zero-order valence-electron chi connectivity index (χ0n) is 32.6. The summed E-state index contributed by atoms with van der Waals surface area (Å²) in [6, 6.07) is 16.2. The molecule has 0 spiro atoms. The average Bonchev–Trinajstić information content (AvgIpc) is 3.69. The van der Waals surface area contributed by atoms with Crippen molar-refractivity contribution in [3.63, 3.8) is 0 Å². The molecule has 4 rings (SSSR count). The quantitative estimate of drug-likeness (QED) is 0.0793. The van der Waals surface area contributed by atoms with Crippen LogP contribution in [0.2, 0.25) is 0 Å². The number of hydrogen-bond donors (Lipinski definition) is 5. The third-order valence-corrected chi connectivity index (χ3v) is 12.6. The van der Waals surface area contributed by atoms with E-state index < -0.39 is 46.0 Å². The molecule has 306 valence electrons. The Morgan fingerprint density at radius 2 is 1.42 bits per heavy atom. The highest BCUT2D eigenvalue weighted by Crippen LogP contribution is 2.25. The van der Waals surface area contributed by atoms with Gasteiger partial charge in [-0.15, -0.1) is 11.3 Å². The van der Waals surface area contributed by atoms with Crippen LogP contribution < -0.4 is 30.9 Å². The second-order valence-corrected chi connectivity index (χ2v) is 18.5. The van der Waals surface area contributed by atoms with Gasteiger partial charge in [0.25, 0.3) is 11.8 Å². The molecule has 0 aliphatic carbocycles. The molecule has 1 heterocycles. The molecule has 0 radical (unpaired) electrons. The van der Waals surface area contributed by atoms with Gasteiger partial charge in [-0.25, -0.2) is 13.4 Å². The standard InChI is InChI=1S/C40H49Br2N7O6S2/c1-7-43-40(53)36(24(2)3)48-37(50)26(5)44-20-33(19-34-21-56-23-45-34)47-39(52)30-16-29(38(51)46-25(4)28-10-14-32(42)15-11-28)17-35(18-30)49(6)57(54,55)22-27-8-12-31(41)13-9-27/h8-18,21,23-26,33,36,44H,7,19-20,22H2,1-6H3,(H,43,53)(H,46,51)(H,47,52)(H,48,50)/t25-,26+,33+,36+/m1/s1. The first kappa shape index (κ1) is 45.5. The van der Waals surface area contributed by atoms with Crippen LogP contribution >= 0.6 is 43.2 Å². The number of amides is 4.